The highest BCUT2D eigenvalue weighted by Gasteiger charge is 2.18. The molecule has 0 aliphatic carbocycles. The highest BCUT2D eigenvalue weighted by Crippen LogP contribution is 2.17. The van der Waals surface area contributed by atoms with Crippen LogP contribution >= 0.6 is 0 Å². The molecule has 0 aromatic rings. The molecule has 0 radical (unpaired) electrons. The molecule has 0 aliphatic rings. The summed E-state index contributed by atoms with van der Waals surface area (Å²) in [5.41, 5.74) is 0. The van der Waals surface area contributed by atoms with Crippen molar-refractivity contribution in [2.75, 3.05) is 19.8 Å². The molecule has 0 N–H and O–H groups in total. The van der Waals surface area contributed by atoms with Gasteiger partial charge in [0.15, 0.2) is 6.10 Å². The fourth-order valence-electron chi connectivity index (χ4n) is 9.42. The molecular formula is C65H122O5. The topological polar surface area (TPSA) is 61.8 Å². The number of unbranched alkanes of at least 4 members (excludes halogenated alkanes) is 42. The van der Waals surface area contributed by atoms with Crippen LogP contribution in [0.1, 0.15) is 342 Å². The van der Waals surface area contributed by atoms with Crippen LogP contribution in [0.2, 0.25) is 0 Å². The van der Waals surface area contributed by atoms with Crippen molar-refractivity contribution in [2.24, 2.45) is 0 Å². The highest BCUT2D eigenvalue weighted by atomic mass is 16.6. The van der Waals surface area contributed by atoms with Crippen molar-refractivity contribution in [3.05, 3.63) is 36.5 Å². The lowest BCUT2D eigenvalue weighted by Crippen LogP contribution is -2.30. The second kappa shape index (κ2) is 61.4. The van der Waals surface area contributed by atoms with Gasteiger partial charge in [-0.2, -0.15) is 0 Å². The zero-order valence-corrected chi connectivity index (χ0v) is 47.6. The SMILES string of the molecule is CCCCC/C=C\C/C=C\CCCCCCCCCC(=O)OC(COCCCCCCCCCCCCCCCCCCCC)COC(=O)CCCCCCCCCCC/C=C\CCCCCCCC. The van der Waals surface area contributed by atoms with Crippen LogP contribution < -0.4 is 0 Å². The van der Waals surface area contributed by atoms with E-state index in [0.29, 0.717) is 26.1 Å². The number of allylic oxidation sites excluding steroid dienone is 6. The predicted molar refractivity (Wildman–Crippen MR) is 307 cm³/mol. The lowest BCUT2D eigenvalue weighted by Gasteiger charge is -2.18. The summed E-state index contributed by atoms with van der Waals surface area (Å²) < 4.78 is 17.5. The summed E-state index contributed by atoms with van der Waals surface area (Å²) in [5.74, 6) is -0.386. The van der Waals surface area contributed by atoms with Gasteiger partial charge in [0.1, 0.15) is 6.61 Å². The van der Waals surface area contributed by atoms with Crippen molar-refractivity contribution >= 4 is 11.9 Å². The van der Waals surface area contributed by atoms with Crippen molar-refractivity contribution in [3.63, 3.8) is 0 Å². The van der Waals surface area contributed by atoms with E-state index in [0.717, 1.165) is 44.9 Å². The molecule has 1 unspecified atom stereocenters. The van der Waals surface area contributed by atoms with Gasteiger partial charge in [0, 0.05) is 19.4 Å². The van der Waals surface area contributed by atoms with Crippen LogP contribution in [-0.2, 0) is 23.8 Å². The van der Waals surface area contributed by atoms with Gasteiger partial charge in [-0.05, 0) is 77.0 Å². The Kier molecular flexibility index (Phi) is 59.8. The normalized spacial score (nSPS) is 12.3. The Balaban J connectivity index is 4.24. The van der Waals surface area contributed by atoms with Gasteiger partial charge in [-0.25, -0.2) is 0 Å². The summed E-state index contributed by atoms with van der Waals surface area (Å²) in [7, 11) is 0. The third kappa shape index (κ3) is 58.7. The molecule has 0 aromatic carbocycles. The van der Waals surface area contributed by atoms with E-state index in [1.807, 2.05) is 0 Å². The highest BCUT2D eigenvalue weighted by molar-refractivity contribution is 5.70. The zero-order valence-electron chi connectivity index (χ0n) is 47.6. The Labute approximate surface area is 438 Å². The standard InChI is InChI=1S/C65H122O5/c1-4-7-10-13-16-19-22-25-28-31-33-35-37-40-43-46-49-52-55-58-64(66)69-62-63(61-68-60-57-54-51-48-45-42-39-36-32-29-26-23-20-17-14-11-8-5-2)70-65(67)59-56-53-50-47-44-41-38-34-30-27-24-21-18-15-12-9-6-3/h18,21,25,27-28,30,63H,4-17,19-20,22-24,26,29,31-62H2,1-3H3/b21-18-,28-25-,30-27-. The molecule has 412 valence electrons. The Morgan fingerprint density at radius 2 is 0.600 bits per heavy atom. The van der Waals surface area contributed by atoms with E-state index in [2.05, 4.69) is 57.2 Å². The molecule has 0 amide bonds. The Morgan fingerprint density at radius 1 is 0.314 bits per heavy atom. The molecule has 70 heavy (non-hydrogen) atoms. The minimum absolute atomic E-state index is 0.0869. The number of hydrogen-bond donors (Lipinski definition) is 0. The zero-order chi connectivity index (χ0) is 50.6. The number of ether oxygens (including phenoxy) is 3. The smallest absolute Gasteiger partial charge is 0.306 e. The molecule has 0 rings (SSSR count). The quantitative estimate of drug-likeness (QED) is 0.0345. The van der Waals surface area contributed by atoms with E-state index < -0.39 is 6.10 Å². The van der Waals surface area contributed by atoms with Gasteiger partial charge in [-0.15, -0.1) is 0 Å². The van der Waals surface area contributed by atoms with Gasteiger partial charge < -0.3 is 14.2 Å². The van der Waals surface area contributed by atoms with Crippen LogP contribution in [0, 0.1) is 0 Å². The number of hydrogen-bond acceptors (Lipinski definition) is 5. The minimum Gasteiger partial charge on any atom is -0.462 e. The first-order valence-electron chi connectivity index (χ1n) is 31.5. The Morgan fingerprint density at radius 3 is 0.986 bits per heavy atom. The average Bonchev–Trinajstić information content (AvgIpc) is 3.36. The lowest BCUT2D eigenvalue weighted by molar-refractivity contribution is -0.163. The van der Waals surface area contributed by atoms with Crippen molar-refractivity contribution in [2.45, 2.75) is 348 Å². The van der Waals surface area contributed by atoms with E-state index in [4.69, 9.17) is 14.2 Å². The maximum atomic E-state index is 12.9. The van der Waals surface area contributed by atoms with Gasteiger partial charge in [-0.3, -0.25) is 9.59 Å². The molecule has 5 nitrogen and oxygen atoms in total. The van der Waals surface area contributed by atoms with Crippen molar-refractivity contribution in [1.82, 2.24) is 0 Å². The van der Waals surface area contributed by atoms with E-state index in [-0.39, 0.29) is 18.5 Å². The number of carbonyl (C=O) groups is 2. The average molecular weight is 984 g/mol. The van der Waals surface area contributed by atoms with Crippen LogP contribution in [0.4, 0.5) is 0 Å². The van der Waals surface area contributed by atoms with Crippen LogP contribution in [0.25, 0.3) is 0 Å². The van der Waals surface area contributed by atoms with Gasteiger partial charge in [0.25, 0.3) is 0 Å². The number of carbonyl (C=O) groups excluding carboxylic acids is 2. The molecule has 0 aromatic heterocycles. The number of esters is 2. The largest absolute Gasteiger partial charge is 0.462 e. The summed E-state index contributed by atoms with van der Waals surface area (Å²) in [4.78, 5) is 25.6. The second-order valence-corrected chi connectivity index (χ2v) is 21.3. The Hall–Kier alpha value is -1.88. The van der Waals surface area contributed by atoms with E-state index in [1.165, 1.54) is 263 Å². The summed E-state index contributed by atoms with van der Waals surface area (Å²) in [6.07, 6.45) is 76.0. The first-order valence-corrected chi connectivity index (χ1v) is 31.5. The van der Waals surface area contributed by atoms with Gasteiger partial charge in [-0.1, -0.05) is 288 Å². The second-order valence-electron chi connectivity index (χ2n) is 21.3. The molecule has 0 heterocycles. The summed E-state index contributed by atoms with van der Waals surface area (Å²) in [5, 5.41) is 0. The maximum Gasteiger partial charge on any atom is 0.306 e. The van der Waals surface area contributed by atoms with E-state index in [1.54, 1.807) is 0 Å². The predicted octanol–water partition coefficient (Wildman–Crippen LogP) is 21.7. The molecule has 0 fully saturated rings. The third-order valence-corrected chi connectivity index (χ3v) is 14.1. The van der Waals surface area contributed by atoms with Crippen LogP contribution in [0.5, 0.6) is 0 Å². The molecule has 0 saturated carbocycles. The minimum atomic E-state index is -0.538. The summed E-state index contributed by atoms with van der Waals surface area (Å²) in [6.45, 7) is 7.87. The molecule has 0 spiro atoms. The third-order valence-electron chi connectivity index (χ3n) is 14.1. The van der Waals surface area contributed by atoms with E-state index in [9.17, 15) is 9.59 Å². The van der Waals surface area contributed by atoms with E-state index >= 15 is 0 Å². The van der Waals surface area contributed by atoms with Gasteiger partial charge in [0.05, 0.1) is 6.61 Å². The van der Waals surface area contributed by atoms with Gasteiger partial charge in [0.2, 0.25) is 0 Å². The van der Waals surface area contributed by atoms with Crippen molar-refractivity contribution in [1.29, 1.82) is 0 Å². The first kappa shape index (κ1) is 68.1. The van der Waals surface area contributed by atoms with Crippen molar-refractivity contribution < 1.29 is 23.8 Å². The Bertz CT molecular complexity index is 1110. The molecule has 0 saturated heterocycles. The van der Waals surface area contributed by atoms with Crippen LogP contribution in [0.15, 0.2) is 36.5 Å². The summed E-state index contributed by atoms with van der Waals surface area (Å²) in [6, 6.07) is 0. The molecule has 0 aliphatic heterocycles. The van der Waals surface area contributed by atoms with Gasteiger partial charge >= 0.3 is 11.9 Å². The number of rotatable bonds is 59. The molecule has 5 heteroatoms. The van der Waals surface area contributed by atoms with Crippen LogP contribution in [0.3, 0.4) is 0 Å². The van der Waals surface area contributed by atoms with Crippen LogP contribution in [-0.4, -0.2) is 37.9 Å². The molecular weight excluding hydrogens is 861 g/mol. The molecule has 1 atom stereocenters. The lowest BCUT2D eigenvalue weighted by atomic mass is 10.0. The monoisotopic (exact) mass is 983 g/mol. The van der Waals surface area contributed by atoms with Crippen molar-refractivity contribution in [3.8, 4) is 0 Å². The fourth-order valence-corrected chi connectivity index (χ4v) is 9.42. The fraction of sp³-hybridized carbons (Fsp3) is 0.877. The first-order chi connectivity index (χ1) is 34.6. The molecule has 0 bridgehead atoms. The maximum absolute atomic E-state index is 12.9. The summed E-state index contributed by atoms with van der Waals surface area (Å²) >= 11 is 0.